The molecule has 0 fully saturated rings. The van der Waals surface area contributed by atoms with E-state index in [1.165, 1.54) is 18.2 Å². The van der Waals surface area contributed by atoms with Crippen LogP contribution >= 0.6 is 0 Å². The van der Waals surface area contributed by atoms with Crippen molar-refractivity contribution in [3.05, 3.63) is 94.6 Å². The predicted molar refractivity (Wildman–Crippen MR) is 134 cm³/mol. The van der Waals surface area contributed by atoms with Crippen LogP contribution in [0.2, 0.25) is 0 Å². The van der Waals surface area contributed by atoms with Crippen molar-refractivity contribution < 1.29 is 31.1 Å². The maximum absolute atomic E-state index is 13.6. The van der Waals surface area contributed by atoms with E-state index in [0.29, 0.717) is 12.8 Å². The van der Waals surface area contributed by atoms with Crippen molar-refractivity contribution in [1.82, 2.24) is 9.73 Å². The van der Waals surface area contributed by atoms with Crippen molar-refractivity contribution in [3.8, 4) is 0 Å². The van der Waals surface area contributed by atoms with E-state index in [2.05, 4.69) is 5.43 Å². The molecule has 11 heteroatoms. The molecule has 202 valence electrons. The number of anilines is 1. The number of hydrogen-bond acceptors (Lipinski definition) is 5. The van der Waals surface area contributed by atoms with Gasteiger partial charge >= 0.3 is 6.18 Å². The van der Waals surface area contributed by atoms with Crippen LogP contribution in [0, 0.1) is 17.7 Å². The fourth-order valence-corrected chi connectivity index (χ4v) is 7.33. The number of fused-ring (bicyclic) bond motifs is 1. The summed E-state index contributed by atoms with van der Waals surface area (Å²) in [5.41, 5.74) is 6.75. The Morgan fingerprint density at radius 1 is 1.13 bits per heavy atom. The Balaban J connectivity index is 1.45. The minimum atomic E-state index is -4.84. The van der Waals surface area contributed by atoms with Crippen molar-refractivity contribution in [2.24, 2.45) is 11.8 Å². The number of aliphatic hydroxyl groups is 1. The molecule has 2 atom stereocenters. The van der Waals surface area contributed by atoms with Crippen LogP contribution in [0.15, 0.2) is 88.1 Å². The summed E-state index contributed by atoms with van der Waals surface area (Å²) in [5.74, 6) is -0.634. The molecule has 0 radical (unpaired) electrons. The van der Waals surface area contributed by atoms with Crippen LogP contribution < -0.4 is 10.4 Å². The van der Waals surface area contributed by atoms with Gasteiger partial charge in [0.1, 0.15) is 5.82 Å². The molecule has 3 aliphatic rings. The van der Waals surface area contributed by atoms with Crippen LogP contribution in [0.5, 0.6) is 0 Å². The van der Waals surface area contributed by atoms with Crippen LogP contribution in [-0.2, 0) is 16.2 Å². The lowest BCUT2D eigenvalue weighted by molar-refractivity contribution is -0.139. The largest absolute Gasteiger partial charge is 0.417 e. The van der Waals surface area contributed by atoms with Gasteiger partial charge in [0.25, 0.3) is 0 Å². The fraction of sp³-hybridized carbons (Fsp3) is 0.333. The number of halogens is 4. The third-order valence-corrected chi connectivity index (χ3v) is 9.29. The number of nitrogens with one attached hydrogen (secondary N) is 1. The van der Waals surface area contributed by atoms with Gasteiger partial charge in [-0.1, -0.05) is 24.6 Å². The number of aliphatic hydroxyl groups excluding tert-OH is 1. The van der Waals surface area contributed by atoms with Gasteiger partial charge in [0.05, 0.1) is 28.5 Å². The molecule has 2 aliphatic carbocycles. The molecule has 0 saturated carbocycles. The number of rotatable bonds is 7. The Labute approximate surface area is 218 Å². The van der Waals surface area contributed by atoms with Gasteiger partial charge in [-0.2, -0.15) is 17.5 Å². The molecule has 0 spiro atoms. The number of benzene rings is 2. The zero-order valence-electron chi connectivity index (χ0n) is 20.5. The number of nitrogens with zero attached hydrogens (tertiary/aromatic N) is 2. The molecular weight excluding hydrogens is 522 g/mol. The number of hydrazine groups is 1. The monoisotopic (exact) mass is 549 g/mol. The Kier molecular flexibility index (Phi) is 6.87. The van der Waals surface area contributed by atoms with Crippen molar-refractivity contribution >= 4 is 15.7 Å². The summed E-state index contributed by atoms with van der Waals surface area (Å²) in [6.07, 6.45) is 0.378. The fourth-order valence-electron chi connectivity index (χ4n) is 5.64. The van der Waals surface area contributed by atoms with Crippen molar-refractivity contribution in [2.45, 2.75) is 30.8 Å². The van der Waals surface area contributed by atoms with E-state index in [4.69, 9.17) is 0 Å². The minimum Gasteiger partial charge on any atom is -0.395 e. The highest BCUT2D eigenvalue weighted by Gasteiger charge is 2.42. The summed E-state index contributed by atoms with van der Waals surface area (Å²) in [6, 6.07) is 10.2. The summed E-state index contributed by atoms with van der Waals surface area (Å²) in [7, 11) is -4.54. The Bertz CT molecular complexity index is 1430. The van der Waals surface area contributed by atoms with Gasteiger partial charge in [-0.15, -0.1) is 0 Å². The highest BCUT2D eigenvalue weighted by atomic mass is 32.2. The van der Waals surface area contributed by atoms with E-state index in [-0.39, 0.29) is 30.7 Å². The Morgan fingerprint density at radius 3 is 2.53 bits per heavy atom. The van der Waals surface area contributed by atoms with E-state index in [1.807, 2.05) is 24.2 Å². The summed E-state index contributed by atoms with van der Waals surface area (Å²) in [5, 5.41) is 11.5. The summed E-state index contributed by atoms with van der Waals surface area (Å²) >= 11 is 0. The zero-order chi connectivity index (χ0) is 27.2. The summed E-state index contributed by atoms with van der Waals surface area (Å²) < 4.78 is 82.2. The summed E-state index contributed by atoms with van der Waals surface area (Å²) in [4.78, 5) is -0.815. The van der Waals surface area contributed by atoms with Crippen LogP contribution in [0.1, 0.15) is 25.3 Å². The second kappa shape index (κ2) is 9.87. The normalized spacial score (nSPS) is 21.3. The van der Waals surface area contributed by atoms with Gasteiger partial charge in [0.15, 0.2) is 0 Å². The lowest BCUT2D eigenvalue weighted by Gasteiger charge is -2.32. The first-order valence-corrected chi connectivity index (χ1v) is 13.7. The minimum absolute atomic E-state index is 0.0379. The van der Waals surface area contributed by atoms with Crippen LogP contribution in [0.25, 0.3) is 0 Å². The molecule has 38 heavy (non-hydrogen) atoms. The van der Waals surface area contributed by atoms with Gasteiger partial charge in [-0.05, 0) is 66.8 Å². The number of hydrogen-bond donors (Lipinski definition) is 2. The zero-order valence-corrected chi connectivity index (χ0v) is 21.4. The van der Waals surface area contributed by atoms with Crippen LogP contribution in [0.3, 0.4) is 0 Å². The molecule has 2 aromatic carbocycles. The van der Waals surface area contributed by atoms with E-state index >= 15 is 0 Å². The molecule has 5 rings (SSSR count). The Morgan fingerprint density at radius 2 is 1.84 bits per heavy atom. The maximum atomic E-state index is 13.6. The number of sulfonamides is 1. The molecule has 0 unspecified atom stereocenters. The maximum Gasteiger partial charge on any atom is 0.417 e. The average Bonchev–Trinajstić information content (AvgIpc) is 3.49. The SMILES string of the molecule is C[C@H]1C2=CNN(c3ccc(F)cc3)C2=CC2=C1[C@@H](CN(CCO)S(=O)(=O)c1ccccc1C(F)(F)F)CC2. The smallest absolute Gasteiger partial charge is 0.395 e. The first-order chi connectivity index (χ1) is 18.0. The lowest BCUT2D eigenvalue weighted by atomic mass is 9.80. The van der Waals surface area contributed by atoms with Crippen molar-refractivity contribution in [2.75, 3.05) is 24.7 Å². The quantitative estimate of drug-likeness (QED) is 0.477. The Hall–Kier alpha value is -3.15. The van der Waals surface area contributed by atoms with Crippen molar-refractivity contribution in [1.29, 1.82) is 0 Å². The average molecular weight is 550 g/mol. The second-order valence-electron chi connectivity index (χ2n) is 9.59. The molecule has 0 aromatic heterocycles. The van der Waals surface area contributed by atoms with E-state index in [0.717, 1.165) is 50.6 Å². The molecule has 2 N–H and O–H groups in total. The van der Waals surface area contributed by atoms with E-state index < -0.39 is 33.3 Å². The number of allylic oxidation sites excluding steroid dienone is 3. The standard InChI is InChI=1S/C27H27F4N3O3S/c1-17-22-15-32-34(21-10-8-20(28)9-11-21)24(22)14-18-6-7-19(26(17)18)16-33(12-13-35)38(36,37)25-5-3-2-4-23(25)27(29,30)31/h2-5,8-11,14-15,17,19,32,35H,6-7,12-13,16H2,1H3/t17-,19+/m0/s1. The summed E-state index contributed by atoms with van der Waals surface area (Å²) in [6.45, 7) is 1.15. The van der Waals surface area contributed by atoms with E-state index in [9.17, 15) is 31.1 Å². The first kappa shape index (κ1) is 26.5. The highest BCUT2D eigenvalue weighted by Crippen LogP contribution is 2.48. The molecular formula is C27H27F4N3O3S. The third kappa shape index (κ3) is 4.63. The third-order valence-electron chi connectivity index (χ3n) is 7.37. The van der Waals surface area contributed by atoms with Gasteiger partial charge in [0, 0.05) is 30.8 Å². The number of alkyl halides is 3. The highest BCUT2D eigenvalue weighted by molar-refractivity contribution is 7.89. The van der Waals surface area contributed by atoms with Gasteiger partial charge in [0.2, 0.25) is 10.0 Å². The molecule has 1 aliphatic heterocycles. The first-order valence-electron chi connectivity index (χ1n) is 12.3. The van der Waals surface area contributed by atoms with Gasteiger partial charge in [-0.3, -0.25) is 5.01 Å². The predicted octanol–water partition coefficient (Wildman–Crippen LogP) is 4.98. The molecule has 6 nitrogen and oxygen atoms in total. The molecule has 0 saturated heterocycles. The molecule has 0 amide bonds. The van der Waals surface area contributed by atoms with Gasteiger partial charge < -0.3 is 10.5 Å². The lowest BCUT2D eigenvalue weighted by Crippen LogP contribution is -2.39. The van der Waals surface area contributed by atoms with Crippen molar-refractivity contribution in [3.63, 3.8) is 0 Å². The van der Waals surface area contributed by atoms with E-state index in [1.54, 1.807) is 12.1 Å². The molecule has 0 bridgehead atoms. The van der Waals surface area contributed by atoms with Crippen LogP contribution in [-0.4, -0.2) is 37.5 Å². The molecule has 2 aromatic rings. The topological polar surface area (TPSA) is 72.9 Å². The van der Waals surface area contributed by atoms with Gasteiger partial charge in [-0.25, -0.2) is 12.8 Å². The van der Waals surface area contributed by atoms with Crippen LogP contribution in [0.4, 0.5) is 23.2 Å². The second-order valence-corrected chi connectivity index (χ2v) is 11.5. The molecule has 1 heterocycles.